The largest absolute Gasteiger partial charge is 0.504 e. The highest BCUT2D eigenvalue weighted by Crippen LogP contribution is 2.26. The lowest BCUT2D eigenvalue weighted by molar-refractivity contribution is -0.118. The van der Waals surface area contributed by atoms with Crippen molar-refractivity contribution < 1.29 is 14.6 Å². The maximum atomic E-state index is 12.4. The van der Waals surface area contributed by atoms with Crippen molar-refractivity contribution in [3.05, 3.63) is 87.3 Å². The molecule has 0 fully saturated rings. The van der Waals surface area contributed by atoms with Gasteiger partial charge in [0, 0.05) is 14.9 Å². The number of methoxy groups -OCH3 is 1. The summed E-state index contributed by atoms with van der Waals surface area (Å²) < 4.78 is 8.20. The standard InChI is InChI=1S/C26H25IN6O3S/c1-17-12-19(27)9-10-21(17)28-15-24-30-32-26(33(24)20-6-4-3-5-7-20)37-16-25(35)31-29-14-18-8-11-22(34)23(13-18)36-2/h3-14,28,34H,15-16H2,1-2H3,(H,31,35)/b29-14+. The van der Waals surface area contributed by atoms with Gasteiger partial charge in [-0.15, -0.1) is 10.2 Å². The second-order valence-corrected chi connectivity index (χ2v) is 10.1. The Labute approximate surface area is 232 Å². The Kier molecular flexibility index (Phi) is 9.01. The van der Waals surface area contributed by atoms with E-state index in [0.29, 0.717) is 23.0 Å². The van der Waals surface area contributed by atoms with Crippen molar-refractivity contribution in [1.82, 2.24) is 20.2 Å². The van der Waals surface area contributed by atoms with Crippen LogP contribution in [0.1, 0.15) is 17.0 Å². The van der Waals surface area contributed by atoms with Crippen LogP contribution in [-0.4, -0.2) is 44.9 Å². The molecule has 0 unspecified atom stereocenters. The van der Waals surface area contributed by atoms with Gasteiger partial charge >= 0.3 is 0 Å². The second-order valence-electron chi connectivity index (χ2n) is 7.90. The maximum Gasteiger partial charge on any atom is 0.250 e. The van der Waals surface area contributed by atoms with Crippen molar-refractivity contribution in [2.45, 2.75) is 18.6 Å². The van der Waals surface area contributed by atoms with E-state index in [4.69, 9.17) is 4.74 Å². The number of amides is 1. The minimum atomic E-state index is -0.288. The van der Waals surface area contributed by atoms with Gasteiger partial charge in [-0.3, -0.25) is 9.36 Å². The smallest absolute Gasteiger partial charge is 0.250 e. The quantitative estimate of drug-likeness (QED) is 0.101. The molecule has 11 heteroatoms. The Morgan fingerprint density at radius 3 is 2.73 bits per heavy atom. The van der Waals surface area contributed by atoms with E-state index >= 15 is 0 Å². The van der Waals surface area contributed by atoms with Gasteiger partial charge in [-0.2, -0.15) is 5.10 Å². The van der Waals surface area contributed by atoms with Gasteiger partial charge in [0.15, 0.2) is 22.5 Å². The molecule has 190 valence electrons. The monoisotopic (exact) mass is 628 g/mol. The summed E-state index contributed by atoms with van der Waals surface area (Å²) in [5, 5.41) is 26.5. The highest BCUT2D eigenvalue weighted by Gasteiger charge is 2.16. The molecule has 1 aromatic heterocycles. The number of rotatable bonds is 10. The molecule has 4 rings (SSSR count). The number of benzene rings is 3. The number of aromatic hydroxyl groups is 1. The number of hydrogen-bond donors (Lipinski definition) is 3. The van der Waals surface area contributed by atoms with Crippen LogP contribution in [0.3, 0.4) is 0 Å². The molecule has 0 atom stereocenters. The van der Waals surface area contributed by atoms with Crippen molar-refractivity contribution in [1.29, 1.82) is 0 Å². The molecule has 0 aliphatic heterocycles. The van der Waals surface area contributed by atoms with Crippen LogP contribution in [0.15, 0.2) is 77.0 Å². The molecule has 0 aliphatic carbocycles. The van der Waals surface area contributed by atoms with E-state index in [1.165, 1.54) is 34.7 Å². The first kappa shape index (κ1) is 26.5. The van der Waals surface area contributed by atoms with Crippen molar-refractivity contribution in [3.8, 4) is 17.2 Å². The number of anilines is 1. The molecule has 0 radical (unpaired) electrons. The first-order valence-corrected chi connectivity index (χ1v) is 13.3. The first-order valence-electron chi connectivity index (χ1n) is 11.3. The molecule has 37 heavy (non-hydrogen) atoms. The minimum absolute atomic E-state index is 0.0332. The van der Waals surface area contributed by atoms with Gasteiger partial charge in [0.25, 0.3) is 5.91 Å². The number of hydrogen-bond acceptors (Lipinski definition) is 8. The highest BCUT2D eigenvalue weighted by molar-refractivity contribution is 14.1. The molecule has 1 heterocycles. The number of aromatic nitrogens is 3. The summed E-state index contributed by atoms with van der Waals surface area (Å²) in [5.74, 6) is 0.903. The van der Waals surface area contributed by atoms with Crippen LogP contribution in [0.2, 0.25) is 0 Å². The van der Waals surface area contributed by atoms with Gasteiger partial charge in [0.2, 0.25) is 0 Å². The summed E-state index contributed by atoms with van der Waals surface area (Å²) in [6.07, 6.45) is 1.48. The average molecular weight is 628 g/mol. The van der Waals surface area contributed by atoms with Crippen LogP contribution in [0.4, 0.5) is 5.69 Å². The fourth-order valence-corrected chi connectivity index (χ4v) is 4.87. The molecule has 1 amide bonds. The summed E-state index contributed by atoms with van der Waals surface area (Å²) >= 11 is 3.57. The number of hydrazone groups is 1. The maximum absolute atomic E-state index is 12.4. The van der Waals surface area contributed by atoms with E-state index in [0.717, 1.165) is 22.8 Å². The molecule has 0 saturated heterocycles. The number of nitrogens with one attached hydrogen (secondary N) is 2. The zero-order valence-electron chi connectivity index (χ0n) is 20.2. The second kappa shape index (κ2) is 12.6. The summed E-state index contributed by atoms with van der Waals surface area (Å²) in [4.78, 5) is 12.4. The van der Waals surface area contributed by atoms with Gasteiger partial charge < -0.3 is 15.2 Å². The Morgan fingerprint density at radius 2 is 1.97 bits per heavy atom. The number of nitrogens with zero attached hydrogens (tertiary/aromatic N) is 4. The summed E-state index contributed by atoms with van der Waals surface area (Å²) in [5.41, 5.74) is 6.27. The first-order chi connectivity index (χ1) is 17.9. The third kappa shape index (κ3) is 7.01. The predicted molar refractivity (Wildman–Crippen MR) is 154 cm³/mol. The Hall–Kier alpha value is -3.58. The summed E-state index contributed by atoms with van der Waals surface area (Å²) in [7, 11) is 1.47. The number of phenols is 1. The topological polar surface area (TPSA) is 114 Å². The average Bonchev–Trinajstić information content (AvgIpc) is 3.31. The highest BCUT2D eigenvalue weighted by atomic mass is 127. The number of carbonyl (C=O) groups excluding carboxylic acids is 1. The molecule has 9 nitrogen and oxygen atoms in total. The van der Waals surface area contributed by atoms with Crippen LogP contribution in [-0.2, 0) is 11.3 Å². The van der Waals surface area contributed by atoms with Crippen LogP contribution >= 0.6 is 34.4 Å². The lowest BCUT2D eigenvalue weighted by Crippen LogP contribution is -2.20. The Balaban J connectivity index is 1.43. The number of ether oxygens (including phenoxy) is 1. The number of para-hydroxylation sites is 1. The third-order valence-corrected chi connectivity index (χ3v) is 6.88. The van der Waals surface area contributed by atoms with Crippen molar-refractivity contribution in [3.63, 3.8) is 0 Å². The summed E-state index contributed by atoms with van der Waals surface area (Å²) in [6.45, 7) is 2.53. The number of thioether (sulfide) groups is 1. The number of phenolic OH excluding ortho intramolecular Hbond substituents is 1. The van der Waals surface area contributed by atoms with E-state index in [1.807, 2.05) is 34.9 Å². The molecule has 4 aromatic rings. The molecule has 0 spiro atoms. The van der Waals surface area contributed by atoms with Gasteiger partial charge in [-0.05, 0) is 89.2 Å². The van der Waals surface area contributed by atoms with Gasteiger partial charge in [0.1, 0.15) is 0 Å². The van der Waals surface area contributed by atoms with E-state index in [-0.39, 0.29) is 17.4 Å². The Morgan fingerprint density at radius 1 is 1.16 bits per heavy atom. The molecule has 0 aliphatic rings. The number of halogens is 1. The van der Waals surface area contributed by atoms with E-state index in [9.17, 15) is 9.90 Å². The Bertz CT molecular complexity index is 1410. The SMILES string of the molecule is COc1cc(/C=N/NC(=O)CSc2nnc(CNc3ccc(I)cc3C)n2-c2ccccc2)ccc1O. The molecule has 3 N–H and O–H groups in total. The van der Waals surface area contributed by atoms with Gasteiger partial charge in [-0.1, -0.05) is 30.0 Å². The molecule has 3 aromatic carbocycles. The van der Waals surface area contributed by atoms with Crippen molar-refractivity contribution in [2.75, 3.05) is 18.2 Å². The lowest BCUT2D eigenvalue weighted by Gasteiger charge is -2.12. The third-order valence-electron chi connectivity index (χ3n) is 5.28. The predicted octanol–water partition coefficient (Wildman–Crippen LogP) is 4.75. The molecular formula is C26H25IN6O3S. The van der Waals surface area contributed by atoms with Crippen molar-refractivity contribution >= 4 is 52.2 Å². The van der Waals surface area contributed by atoms with Gasteiger partial charge in [0.05, 0.1) is 25.6 Å². The van der Waals surface area contributed by atoms with Gasteiger partial charge in [-0.25, -0.2) is 5.43 Å². The summed E-state index contributed by atoms with van der Waals surface area (Å²) in [6, 6.07) is 20.8. The lowest BCUT2D eigenvalue weighted by atomic mass is 10.2. The van der Waals surface area contributed by atoms with E-state index < -0.39 is 0 Å². The van der Waals surface area contributed by atoms with Crippen LogP contribution in [0.5, 0.6) is 11.5 Å². The zero-order chi connectivity index (χ0) is 26.2. The van der Waals surface area contributed by atoms with Crippen LogP contribution in [0, 0.1) is 10.5 Å². The van der Waals surface area contributed by atoms with E-state index in [1.54, 1.807) is 12.1 Å². The number of aryl methyl sites for hydroxylation is 1. The molecular weight excluding hydrogens is 603 g/mol. The fourth-order valence-electron chi connectivity index (χ4n) is 3.46. The molecule has 0 bridgehead atoms. The molecule has 0 saturated carbocycles. The van der Waals surface area contributed by atoms with Crippen LogP contribution in [0.25, 0.3) is 5.69 Å². The number of carbonyl (C=O) groups is 1. The van der Waals surface area contributed by atoms with Crippen LogP contribution < -0.4 is 15.5 Å². The normalized spacial score (nSPS) is 11.0. The zero-order valence-corrected chi connectivity index (χ0v) is 23.2. The van der Waals surface area contributed by atoms with E-state index in [2.05, 4.69) is 73.8 Å². The van der Waals surface area contributed by atoms with Crippen molar-refractivity contribution in [2.24, 2.45) is 5.10 Å². The fraction of sp³-hybridized carbons (Fsp3) is 0.154. The minimum Gasteiger partial charge on any atom is -0.504 e.